The first kappa shape index (κ1) is 13.6. The second-order valence-electron chi connectivity index (χ2n) is 6.21. The van der Waals surface area contributed by atoms with E-state index in [0.717, 1.165) is 24.2 Å². The number of non-ortho nitro benzene ring substituents is 1. The van der Waals surface area contributed by atoms with E-state index in [1.165, 1.54) is 31.2 Å². The molecule has 0 amide bonds. The summed E-state index contributed by atoms with van der Waals surface area (Å²) >= 11 is 0. The van der Waals surface area contributed by atoms with Crippen LogP contribution in [0.2, 0.25) is 0 Å². The minimum absolute atomic E-state index is 0.176. The van der Waals surface area contributed by atoms with Crippen LogP contribution in [-0.2, 0) is 6.42 Å². The van der Waals surface area contributed by atoms with Crippen molar-refractivity contribution in [1.82, 2.24) is 5.32 Å². The van der Waals surface area contributed by atoms with E-state index in [0.29, 0.717) is 6.04 Å². The van der Waals surface area contributed by atoms with Gasteiger partial charge in [0, 0.05) is 18.2 Å². The Morgan fingerprint density at radius 2 is 1.85 bits per heavy atom. The summed E-state index contributed by atoms with van der Waals surface area (Å²) in [7, 11) is 2.04. The van der Waals surface area contributed by atoms with Crippen LogP contribution >= 0.6 is 0 Å². The normalized spacial score (nSPS) is 29.6. The van der Waals surface area contributed by atoms with Gasteiger partial charge in [-0.05, 0) is 49.6 Å². The molecule has 20 heavy (non-hydrogen) atoms. The molecule has 2 saturated carbocycles. The number of nitrogens with zero attached hydrogens (tertiary/aromatic N) is 1. The van der Waals surface area contributed by atoms with Crippen molar-refractivity contribution in [2.75, 3.05) is 7.05 Å². The Balaban J connectivity index is 1.64. The van der Waals surface area contributed by atoms with Crippen LogP contribution in [0.1, 0.15) is 31.2 Å². The van der Waals surface area contributed by atoms with E-state index in [4.69, 9.17) is 0 Å². The van der Waals surface area contributed by atoms with E-state index in [2.05, 4.69) is 5.32 Å². The molecular weight excluding hydrogens is 252 g/mol. The third-order valence-corrected chi connectivity index (χ3v) is 5.16. The van der Waals surface area contributed by atoms with Gasteiger partial charge in [0.1, 0.15) is 0 Å². The highest BCUT2D eigenvalue weighted by molar-refractivity contribution is 5.33. The third-order valence-electron chi connectivity index (χ3n) is 5.16. The molecule has 0 spiro atoms. The quantitative estimate of drug-likeness (QED) is 0.663. The lowest BCUT2D eigenvalue weighted by Gasteiger charge is -2.16. The van der Waals surface area contributed by atoms with Gasteiger partial charge in [0.15, 0.2) is 0 Å². The summed E-state index contributed by atoms with van der Waals surface area (Å²) in [5.41, 5.74) is 1.37. The lowest BCUT2D eigenvalue weighted by atomic mass is 10.00. The van der Waals surface area contributed by atoms with Gasteiger partial charge in [-0.3, -0.25) is 10.1 Å². The summed E-state index contributed by atoms with van der Waals surface area (Å²) in [5.74, 6) is 2.68. The van der Waals surface area contributed by atoms with Crippen LogP contribution in [0, 0.1) is 27.9 Å². The van der Waals surface area contributed by atoms with Gasteiger partial charge in [-0.25, -0.2) is 0 Å². The molecule has 0 bridgehead atoms. The first-order valence-electron chi connectivity index (χ1n) is 7.61. The van der Waals surface area contributed by atoms with Crippen molar-refractivity contribution in [3.63, 3.8) is 0 Å². The maximum absolute atomic E-state index is 10.7. The molecule has 3 unspecified atom stereocenters. The number of hydrogen-bond acceptors (Lipinski definition) is 3. The van der Waals surface area contributed by atoms with Crippen molar-refractivity contribution in [3.8, 4) is 0 Å². The van der Waals surface area contributed by atoms with E-state index in [1.54, 1.807) is 12.1 Å². The summed E-state index contributed by atoms with van der Waals surface area (Å²) < 4.78 is 0. The predicted molar refractivity (Wildman–Crippen MR) is 78.6 cm³/mol. The minimum Gasteiger partial charge on any atom is -0.316 e. The van der Waals surface area contributed by atoms with Gasteiger partial charge >= 0.3 is 0 Å². The number of nitro benzene ring substituents is 1. The smallest absolute Gasteiger partial charge is 0.269 e. The highest BCUT2D eigenvalue weighted by atomic mass is 16.6. The highest BCUT2D eigenvalue weighted by Gasteiger charge is 2.53. The first-order chi connectivity index (χ1) is 9.70. The molecule has 2 aliphatic rings. The number of rotatable bonds is 5. The van der Waals surface area contributed by atoms with Crippen molar-refractivity contribution >= 4 is 5.69 Å². The summed E-state index contributed by atoms with van der Waals surface area (Å²) in [6.07, 6.45) is 6.56. The molecule has 0 saturated heterocycles. The van der Waals surface area contributed by atoms with E-state index < -0.39 is 0 Å². The zero-order chi connectivity index (χ0) is 14.1. The molecule has 2 aliphatic carbocycles. The number of likely N-dealkylation sites (N-methyl/N-ethyl adjacent to an activating group) is 1. The second kappa shape index (κ2) is 5.52. The molecule has 0 aliphatic heterocycles. The Morgan fingerprint density at radius 3 is 2.35 bits per heavy atom. The largest absolute Gasteiger partial charge is 0.316 e. The Hall–Kier alpha value is -1.42. The van der Waals surface area contributed by atoms with Crippen LogP contribution in [-0.4, -0.2) is 18.0 Å². The number of nitro groups is 1. The van der Waals surface area contributed by atoms with Crippen molar-refractivity contribution in [1.29, 1.82) is 0 Å². The maximum Gasteiger partial charge on any atom is 0.269 e. The monoisotopic (exact) mass is 274 g/mol. The fourth-order valence-corrected chi connectivity index (χ4v) is 4.08. The first-order valence-corrected chi connectivity index (χ1v) is 7.61. The van der Waals surface area contributed by atoms with Crippen LogP contribution in [0.3, 0.4) is 0 Å². The highest BCUT2D eigenvalue weighted by Crippen LogP contribution is 2.57. The Morgan fingerprint density at radius 1 is 1.25 bits per heavy atom. The van der Waals surface area contributed by atoms with Gasteiger partial charge in [-0.2, -0.15) is 0 Å². The third kappa shape index (κ3) is 2.57. The molecule has 0 radical (unpaired) electrons. The van der Waals surface area contributed by atoms with Crippen LogP contribution in [0.5, 0.6) is 0 Å². The lowest BCUT2D eigenvalue weighted by molar-refractivity contribution is -0.384. The Kier molecular flexibility index (Phi) is 3.74. The summed E-state index contributed by atoms with van der Waals surface area (Å²) in [5, 5.41) is 14.1. The molecular formula is C16H22N2O2. The van der Waals surface area contributed by atoms with Crippen LogP contribution in [0.25, 0.3) is 0 Å². The predicted octanol–water partition coefficient (Wildman–Crippen LogP) is 3.16. The van der Waals surface area contributed by atoms with Gasteiger partial charge in [-0.1, -0.05) is 25.0 Å². The van der Waals surface area contributed by atoms with Gasteiger partial charge in [0.2, 0.25) is 0 Å². The van der Waals surface area contributed by atoms with E-state index >= 15 is 0 Å². The maximum atomic E-state index is 10.7. The molecule has 1 N–H and O–H groups in total. The second-order valence-corrected chi connectivity index (χ2v) is 6.21. The molecule has 3 rings (SSSR count). The van der Waals surface area contributed by atoms with Crippen molar-refractivity contribution in [2.45, 2.75) is 38.1 Å². The van der Waals surface area contributed by atoms with Gasteiger partial charge in [0.05, 0.1) is 4.92 Å². The van der Waals surface area contributed by atoms with Gasteiger partial charge in [-0.15, -0.1) is 0 Å². The minimum atomic E-state index is -0.339. The Labute approximate surface area is 119 Å². The molecule has 108 valence electrons. The van der Waals surface area contributed by atoms with Gasteiger partial charge < -0.3 is 5.32 Å². The lowest BCUT2D eigenvalue weighted by Crippen LogP contribution is -2.31. The van der Waals surface area contributed by atoms with Crippen molar-refractivity contribution in [2.24, 2.45) is 17.8 Å². The standard InChI is InChI=1S/C16H22N2O2/c1-17-15(16-13-4-2-3-5-14(13)16)10-11-6-8-12(9-7-11)18(19)20/h6-9,13-17H,2-5,10H2,1H3. The zero-order valence-electron chi connectivity index (χ0n) is 11.9. The van der Waals surface area contributed by atoms with Crippen molar-refractivity contribution < 1.29 is 4.92 Å². The average molecular weight is 274 g/mol. The molecule has 0 heterocycles. The molecule has 3 atom stereocenters. The fourth-order valence-electron chi connectivity index (χ4n) is 4.08. The van der Waals surface area contributed by atoms with Crippen LogP contribution in [0.15, 0.2) is 24.3 Å². The number of hydrogen-bond donors (Lipinski definition) is 1. The number of fused-ring (bicyclic) bond motifs is 1. The summed E-state index contributed by atoms with van der Waals surface area (Å²) in [6, 6.07) is 7.54. The van der Waals surface area contributed by atoms with E-state index in [9.17, 15) is 10.1 Å². The molecule has 2 fully saturated rings. The summed E-state index contributed by atoms with van der Waals surface area (Å²) in [6.45, 7) is 0. The molecule has 0 aromatic heterocycles. The van der Waals surface area contributed by atoms with E-state index in [1.807, 2.05) is 19.2 Å². The molecule has 4 heteroatoms. The summed E-state index contributed by atoms with van der Waals surface area (Å²) in [4.78, 5) is 10.3. The fraction of sp³-hybridized carbons (Fsp3) is 0.625. The zero-order valence-corrected chi connectivity index (χ0v) is 11.9. The molecule has 1 aromatic rings. The average Bonchev–Trinajstić information content (AvgIpc) is 3.19. The van der Waals surface area contributed by atoms with Crippen LogP contribution < -0.4 is 5.32 Å². The Bertz CT molecular complexity index is 474. The van der Waals surface area contributed by atoms with E-state index in [-0.39, 0.29) is 10.6 Å². The SMILES string of the molecule is CNC(Cc1ccc([N+](=O)[O-])cc1)C1C2CCCCC21. The van der Waals surface area contributed by atoms with Crippen LogP contribution in [0.4, 0.5) is 5.69 Å². The van der Waals surface area contributed by atoms with Crippen molar-refractivity contribution in [3.05, 3.63) is 39.9 Å². The molecule has 1 aromatic carbocycles. The van der Waals surface area contributed by atoms with Gasteiger partial charge in [0.25, 0.3) is 5.69 Å². The topological polar surface area (TPSA) is 55.2 Å². The number of benzene rings is 1. The number of nitrogens with one attached hydrogen (secondary N) is 1. The molecule has 4 nitrogen and oxygen atoms in total.